The highest BCUT2D eigenvalue weighted by molar-refractivity contribution is 5.85. The first-order valence-electron chi connectivity index (χ1n) is 8.47. The van der Waals surface area contributed by atoms with E-state index >= 15 is 0 Å². The minimum Gasteiger partial charge on any atom is -0.481 e. The predicted octanol–water partition coefficient (Wildman–Crippen LogP) is 3.26. The minimum atomic E-state index is -0.830. The third-order valence-corrected chi connectivity index (χ3v) is 5.11. The van der Waals surface area contributed by atoms with Crippen LogP contribution in [0.3, 0.4) is 0 Å². The Labute approximate surface area is 138 Å². The Bertz CT molecular complexity index is 535. The number of carbonyl (C=O) groups excluding carboxylic acids is 1. The van der Waals surface area contributed by atoms with Crippen molar-refractivity contribution in [3.05, 3.63) is 35.9 Å². The zero-order valence-corrected chi connectivity index (χ0v) is 14.0. The first kappa shape index (κ1) is 17.5. The molecule has 4 heteroatoms. The molecule has 0 heterocycles. The topological polar surface area (TPSA) is 66.4 Å². The molecule has 1 saturated carbocycles. The predicted molar refractivity (Wildman–Crippen MR) is 90.0 cm³/mol. The van der Waals surface area contributed by atoms with Crippen molar-refractivity contribution in [3.63, 3.8) is 0 Å². The van der Waals surface area contributed by atoms with E-state index in [4.69, 9.17) is 0 Å². The summed E-state index contributed by atoms with van der Waals surface area (Å²) in [6, 6.07) is 10.3. The normalized spacial score (nSPS) is 17.3. The van der Waals surface area contributed by atoms with Crippen molar-refractivity contribution in [2.24, 2.45) is 17.3 Å². The number of rotatable bonds is 8. The summed E-state index contributed by atoms with van der Waals surface area (Å²) in [6.45, 7) is 4.91. The summed E-state index contributed by atoms with van der Waals surface area (Å²) in [6.07, 6.45) is 3.17. The van der Waals surface area contributed by atoms with E-state index in [1.807, 2.05) is 18.2 Å². The van der Waals surface area contributed by atoms with Crippen LogP contribution in [-0.2, 0) is 16.0 Å². The van der Waals surface area contributed by atoms with Crippen molar-refractivity contribution in [2.75, 3.05) is 6.54 Å². The number of carboxylic acid groups (broad SMARTS) is 1. The molecule has 2 rings (SSSR count). The van der Waals surface area contributed by atoms with Crippen LogP contribution in [0.1, 0.15) is 45.1 Å². The number of amides is 1. The Morgan fingerprint density at radius 2 is 1.87 bits per heavy atom. The molecule has 4 nitrogen and oxygen atoms in total. The molecule has 1 aliphatic carbocycles. The molecule has 0 aromatic heterocycles. The van der Waals surface area contributed by atoms with Gasteiger partial charge in [-0.3, -0.25) is 9.59 Å². The standard InChI is InChI=1S/C19H27NO3/c1-14(2)16(11-15-7-4-3-5-8-15)13-20-17(21)12-19(18(22)23)9-6-10-19/h3-5,7-8,14,16H,6,9-13H2,1-2H3,(H,20,21)(H,22,23). The molecule has 1 amide bonds. The van der Waals surface area contributed by atoms with Crippen LogP contribution >= 0.6 is 0 Å². The van der Waals surface area contributed by atoms with E-state index < -0.39 is 11.4 Å². The Hall–Kier alpha value is -1.84. The first-order chi connectivity index (χ1) is 10.9. The SMILES string of the molecule is CC(C)C(CNC(=O)CC1(C(=O)O)CCC1)Cc1ccccc1. The summed E-state index contributed by atoms with van der Waals surface area (Å²) in [5, 5.41) is 12.3. The second-order valence-corrected chi connectivity index (χ2v) is 7.11. The number of aliphatic carboxylic acids is 1. The zero-order valence-electron chi connectivity index (χ0n) is 14.0. The minimum absolute atomic E-state index is 0.110. The van der Waals surface area contributed by atoms with Crippen LogP contribution in [0.15, 0.2) is 30.3 Å². The third kappa shape index (κ3) is 4.57. The van der Waals surface area contributed by atoms with Gasteiger partial charge in [0.05, 0.1) is 5.41 Å². The Morgan fingerprint density at radius 1 is 1.22 bits per heavy atom. The molecule has 0 aliphatic heterocycles. The van der Waals surface area contributed by atoms with Crippen LogP contribution in [0.5, 0.6) is 0 Å². The average Bonchev–Trinajstić information content (AvgIpc) is 2.47. The molecule has 1 unspecified atom stereocenters. The largest absolute Gasteiger partial charge is 0.481 e. The third-order valence-electron chi connectivity index (χ3n) is 5.11. The molecule has 1 aromatic carbocycles. The van der Waals surface area contributed by atoms with Crippen LogP contribution in [0.25, 0.3) is 0 Å². The van der Waals surface area contributed by atoms with Gasteiger partial charge in [-0.1, -0.05) is 50.6 Å². The fourth-order valence-corrected chi connectivity index (χ4v) is 3.14. The first-order valence-corrected chi connectivity index (χ1v) is 8.47. The van der Waals surface area contributed by atoms with Gasteiger partial charge in [0, 0.05) is 13.0 Å². The summed E-state index contributed by atoms with van der Waals surface area (Å²) in [7, 11) is 0. The highest BCUT2D eigenvalue weighted by atomic mass is 16.4. The molecule has 0 bridgehead atoms. The van der Waals surface area contributed by atoms with Gasteiger partial charge < -0.3 is 10.4 Å². The van der Waals surface area contributed by atoms with Crippen molar-refractivity contribution in [3.8, 4) is 0 Å². The number of hydrogen-bond donors (Lipinski definition) is 2. The summed E-state index contributed by atoms with van der Waals surface area (Å²) in [4.78, 5) is 23.5. The molecule has 1 aliphatic rings. The molecule has 0 radical (unpaired) electrons. The van der Waals surface area contributed by atoms with E-state index in [2.05, 4.69) is 31.3 Å². The second kappa shape index (κ2) is 7.62. The van der Waals surface area contributed by atoms with E-state index in [9.17, 15) is 14.7 Å². The van der Waals surface area contributed by atoms with Gasteiger partial charge in [-0.15, -0.1) is 0 Å². The highest BCUT2D eigenvalue weighted by Gasteiger charge is 2.45. The molecular weight excluding hydrogens is 290 g/mol. The van der Waals surface area contributed by atoms with Crippen molar-refractivity contribution in [1.82, 2.24) is 5.32 Å². The second-order valence-electron chi connectivity index (χ2n) is 7.11. The highest BCUT2D eigenvalue weighted by Crippen LogP contribution is 2.44. The number of hydrogen-bond acceptors (Lipinski definition) is 2. The quantitative estimate of drug-likeness (QED) is 0.773. The molecule has 126 valence electrons. The molecule has 2 N–H and O–H groups in total. The number of carboxylic acids is 1. The van der Waals surface area contributed by atoms with E-state index in [0.717, 1.165) is 12.8 Å². The lowest BCUT2D eigenvalue weighted by atomic mass is 9.66. The fraction of sp³-hybridized carbons (Fsp3) is 0.579. The monoisotopic (exact) mass is 317 g/mol. The number of benzene rings is 1. The van der Waals surface area contributed by atoms with Crippen LogP contribution in [-0.4, -0.2) is 23.5 Å². The number of carbonyl (C=O) groups is 2. The zero-order chi connectivity index (χ0) is 16.9. The van der Waals surface area contributed by atoms with Crippen LogP contribution in [0.2, 0.25) is 0 Å². The van der Waals surface area contributed by atoms with Crippen molar-refractivity contribution in [1.29, 1.82) is 0 Å². The molecule has 0 saturated heterocycles. The fourth-order valence-electron chi connectivity index (χ4n) is 3.14. The van der Waals surface area contributed by atoms with Gasteiger partial charge in [0.25, 0.3) is 0 Å². The number of nitrogens with one attached hydrogen (secondary N) is 1. The smallest absolute Gasteiger partial charge is 0.310 e. The van der Waals surface area contributed by atoms with Crippen molar-refractivity contribution >= 4 is 11.9 Å². The maximum atomic E-state index is 12.2. The van der Waals surface area contributed by atoms with Gasteiger partial charge in [-0.05, 0) is 36.7 Å². The van der Waals surface area contributed by atoms with Gasteiger partial charge in [0.15, 0.2) is 0 Å². The van der Waals surface area contributed by atoms with Gasteiger partial charge in [0.2, 0.25) is 5.91 Å². The van der Waals surface area contributed by atoms with Gasteiger partial charge >= 0.3 is 5.97 Å². The van der Waals surface area contributed by atoms with E-state index in [1.165, 1.54) is 5.56 Å². The van der Waals surface area contributed by atoms with Crippen LogP contribution in [0, 0.1) is 17.3 Å². The van der Waals surface area contributed by atoms with Gasteiger partial charge in [-0.2, -0.15) is 0 Å². The average molecular weight is 317 g/mol. The van der Waals surface area contributed by atoms with Gasteiger partial charge in [0.1, 0.15) is 0 Å². The van der Waals surface area contributed by atoms with Gasteiger partial charge in [-0.25, -0.2) is 0 Å². The molecule has 1 atom stereocenters. The van der Waals surface area contributed by atoms with E-state index in [-0.39, 0.29) is 12.3 Å². The molecule has 1 aromatic rings. The van der Waals surface area contributed by atoms with Crippen LogP contribution < -0.4 is 5.32 Å². The summed E-state index contributed by atoms with van der Waals surface area (Å²) in [5.41, 5.74) is 0.457. The molecular formula is C19H27NO3. The molecule has 0 spiro atoms. The maximum absolute atomic E-state index is 12.2. The summed E-state index contributed by atoms with van der Waals surface area (Å²) < 4.78 is 0. The van der Waals surface area contributed by atoms with Crippen LogP contribution in [0.4, 0.5) is 0 Å². The Kier molecular flexibility index (Phi) is 5.80. The molecule has 23 heavy (non-hydrogen) atoms. The summed E-state index contributed by atoms with van der Waals surface area (Å²) in [5.74, 6) is -0.162. The van der Waals surface area contributed by atoms with Crippen molar-refractivity contribution in [2.45, 2.75) is 46.0 Å². The Morgan fingerprint density at radius 3 is 2.35 bits per heavy atom. The lowest BCUT2D eigenvalue weighted by Crippen LogP contribution is -2.43. The summed E-state index contributed by atoms with van der Waals surface area (Å²) >= 11 is 0. The molecule has 1 fully saturated rings. The maximum Gasteiger partial charge on any atom is 0.310 e. The lowest BCUT2D eigenvalue weighted by Gasteiger charge is -2.37. The Balaban J connectivity index is 1.86. The van der Waals surface area contributed by atoms with Crippen molar-refractivity contribution < 1.29 is 14.7 Å². The lowest BCUT2D eigenvalue weighted by molar-refractivity contribution is -0.157. The van der Waals surface area contributed by atoms with E-state index in [0.29, 0.717) is 31.2 Å². The van der Waals surface area contributed by atoms with E-state index in [1.54, 1.807) is 0 Å².